The number of ether oxygens (including phenoxy) is 4. The Morgan fingerprint density at radius 3 is 2.24 bits per heavy atom. The summed E-state index contributed by atoms with van der Waals surface area (Å²) in [5, 5.41) is 2.98. The first-order chi connectivity index (χ1) is 21.9. The number of hydrogen-bond donors (Lipinski definition) is 1. The highest BCUT2D eigenvalue weighted by atomic mass is 16.8. The minimum atomic E-state index is -0.849. The van der Waals surface area contributed by atoms with E-state index in [1.165, 1.54) is 0 Å². The molecule has 1 fully saturated rings. The molecule has 2 aliphatic rings. The van der Waals surface area contributed by atoms with Gasteiger partial charge < -0.3 is 24.3 Å². The summed E-state index contributed by atoms with van der Waals surface area (Å²) in [6.45, 7) is -0.409. The van der Waals surface area contributed by atoms with E-state index in [1.54, 1.807) is 0 Å². The minimum absolute atomic E-state index is 0.0318. The van der Waals surface area contributed by atoms with Crippen molar-refractivity contribution >= 4 is 24.0 Å². The third kappa shape index (κ3) is 9.41. The molecule has 0 radical (unpaired) electrons. The first-order valence-electron chi connectivity index (χ1n) is 15.6. The second-order valence-corrected chi connectivity index (χ2v) is 11.5. The van der Waals surface area contributed by atoms with Crippen LogP contribution in [0.3, 0.4) is 0 Å². The Balaban J connectivity index is 1.19. The second-order valence-electron chi connectivity index (χ2n) is 11.5. The maximum atomic E-state index is 13.4. The lowest BCUT2D eigenvalue weighted by Gasteiger charge is -2.31. The van der Waals surface area contributed by atoms with Gasteiger partial charge in [-0.3, -0.25) is 14.4 Å². The monoisotopic (exact) mass is 613 g/mol. The number of esters is 2. The van der Waals surface area contributed by atoms with Crippen molar-refractivity contribution in [2.45, 2.75) is 82.5 Å². The van der Waals surface area contributed by atoms with Gasteiger partial charge in [-0.05, 0) is 66.3 Å². The molecule has 0 aromatic heterocycles. The lowest BCUT2D eigenvalue weighted by Crippen LogP contribution is -2.41. The maximum Gasteiger partial charge on any atom is 0.511 e. The molecule has 2 unspecified atom stereocenters. The van der Waals surface area contributed by atoms with Crippen LogP contribution in [0.25, 0.3) is 11.1 Å². The zero-order valence-corrected chi connectivity index (χ0v) is 25.3. The third-order valence-electron chi connectivity index (χ3n) is 8.26. The Bertz CT molecular complexity index is 1450. The first kappa shape index (κ1) is 31.8. The molecule has 1 N–H and O–H groups in total. The smallest absolute Gasteiger partial charge is 0.461 e. The lowest BCUT2D eigenvalue weighted by molar-refractivity contribution is -0.156. The normalized spacial score (nSPS) is 17.8. The summed E-state index contributed by atoms with van der Waals surface area (Å²) in [5.74, 6) is -2.02. The SMILES string of the molecule is O=C(CCC(=O)OCc1ccccc1)NC1Cc2ccc(-c3ccccc3)cc2C(C(=O)OCOC(=O)OC2CCCCC2)C1. The topological polar surface area (TPSA) is 117 Å². The number of carbonyl (C=O) groups excluding carboxylic acids is 4. The Morgan fingerprint density at radius 2 is 1.49 bits per heavy atom. The molecule has 3 aromatic rings. The fourth-order valence-corrected chi connectivity index (χ4v) is 5.92. The van der Waals surface area contributed by atoms with Crippen LogP contribution in [0.2, 0.25) is 0 Å². The summed E-state index contributed by atoms with van der Waals surface area (Å²) in [7, 11) is 0. The molecule has 0 saturated heterocycles. The van der Waals surface area contributed by atoms with Crippen LogP contribution in [0.1, 0.15) is 74.0 Å². The van der Waals surface area contributed by atoms with E-state index in [0.29, 0.717) is 12.8 Å². The zero-order chi connectivity index (χ0) is 31.4. The zero-order valence-electron chi connectivity index (χ0n) is 25.3. The molecule has 9 heteroatoms. The van der Waals surface area contributed by atoms with Gasteiger partial charge >= 0.3 is 18.1 Å². The largest absolute Gasteiger partial charge is 0.511 e. The predicted molar refractivity (Wildman–Crippen MR) is 166 cm³/mol. The molecule has 0 spiro atoms. The van der Waals surface area contributed by atoms with Gasteiger partial charge in [0.15, 0.2) is 0 Å². The highest BCUT2D eigenvalue weighted by Gasteiger charge is 2.34. The molecule has 236 valence electrons. The minimum Gasteiger partial charge on any atom is -0.461 e. The van der Waals surface area contributed by atoms with E-state index in [9.17, 15) is 19.2 Å². The summed E-state index contributed by atoms with van der Waals surface area (Å²) in [6.07, 6.45) is 4.46. The molecule has 1 saturated carbocycles. The Morgan fingerprint density at radius 1 is 0.756 bits per heavy atom. The molecule has 0 heterocycles. The number of benzene rings is 3. The first-order valence-corrected chi connectivity index (χ1v) is 15.6. The molecule has 45 heavy (non-hydrogen) atoms. The van der Waals surface area contributed by atoms with Gasteiger partial charge in [0, 0.05) is 12.5 Å². The number of carbonyl (C=O) groups is 4. The van der Waals surface area contributed by atoms with Gasteiger partial charge in [-0.1, -0.05) is 85.3 Å². The van der Waals surface area contributed by atoms with Crippen molar-refractivity contribution in [1.82, 2.24) is 5.32 Å². The number of rotatable bonds is 11. The summed E-state index contributed by atoms with van der Waals surface area (Å²) in [4.78, 5) is 50.6. The highest BCUT2D eigenvalue weighted by molar-refractivity contribution is 5.83. The molecule has 1 amide bonds. The van der Waals surface area contributed by atoms with Gasteiger partial charge in [0.2, 0.25) is 12.7 Å². The molecule has 0 aliphatic heterocycles. The van der Waals surface area contributed by atoms with Gasteiger partial charge in [-0.2, -0.15) is 0 Å². The van der Waals surface area contributed by atoms with Crippen molar-refractivity contribution in [3.63, 3.8) is 0 Å². The Hall–Kier alpha value is -4.66. The van der Waals surface area contributed by atoms with E-state index in [0.717, 1.165) is 59.9 Å². The third-order valence-corrected chi connectivity index (χ3v) is 8.26. The molecule has 2 atom stereocenters. The van der Waals surface area contributed by atoms with Crippen molar-refractivity contribution in [3.8, 4) is 11.1 Å². The summed E-state index contributed by atoms with van der Waals surface area (Å²) in [6, 6.07) is 24.8. The summed E-state index contributed by atoms with van der Waals surface area (Å²) in [5.41, 5.74) is 4.55. The van der Waals surface area contributed by atoms with Crippen LogP contribution in [0, 0.1) is 0 Å². The number of amides is 1. The summed E-state index contributed by atoms with van der Waals surface area (Å²) < 4.78 is 21.1. The highest BCUT2D eigenvalue weighted by Crippen LogP contribution is 2.36. The van der Waals surface area contributed by atoms with E-state index >= 15 is 0 Å². The van der Waals surface area contributed by atoms with Crippen molar-refractivity contribution in [3.05, 3.63) is 95.6 Å². The molecule has 2 aliphatic carbocycles. The number of fused-ring (bicyclic) bond motifs is 1. The summed E-state index contributed by atoms with van der Waals surface area (Å²) >= 11 is 0. The van der Waals surface area contributed by atoms with Crippen LogP contribution in [-0.2, 0) is 46.4 Å². The molecule has 9 nitrogen and oxygen atoms in total. The average molecular weight is 614 g/mol. The molecule has 5 rings (SSSR count). The second kappa shape index (κ2) is 15.9. The van der Waals surface area contributed by atoms with Gasteiger partial charge in [0.25, 0.3) is 0 Å². The van der Waals surface area contributed by atoms with E-state index in [2.05, 4.69) is 5.32 Å². The molecular weight excluding hydrogens is 574 g/mol. The quantitative estimate of drug-likeness (QED) is 0.150. The predicted octanol–water partition coefficient (Wildman–Crippen LogP) is 6.38. The standard InChI is InChI=1S/C36H39NO8/c38-33(18-19-34(39)42-23-25-10-4-1-5-11-25)37-29-20-28-17-16-27(26-12-6-2-7-13-26)21-31(28)32(22-29)35(40)43-24-44-36(41)45-30-14-8-3-9-15-30/h1-2,4-7,10-13,16-17,21,29-30,32H,3,8-9,14-15,18-20,22-24H2,(H,37,38). The van der Waals surface area contributed by atoms with Gasteiger partial charge in [0.05, 0.1) is 12.3 Å². The van der Waals surface area contributed by atoms with E-state index in [1.807, 2.05) is 78.9 Å². The van der Waals surface area contributed by atoms with Crippen LogP contribution >= 0.6 is 0 Å². The van der Waals surface area contributed by atoms with E-state index in [4.69, 9.17) is 18.9 Å². The Labute approximate surface area is 263 Å². The van der Waals surface area contributed by atoms with Gasteiger partial charge in [-0.15, -0.1) is 0 Å². The van der Waals surface area contributed by atoms with Crippen molar-refractivity contribution < 1.29 is 38.1 Å². The maximum absolute atomic E-state index is 13.4. The lowest BCUT2D eigenvalue weighted by atomic mass is 9.79. The molecular formula is C36H39NO8. The van der Waals surface area contributed by atoms with E-state index in [-0.39, 0.29) is 37.5 Å². The number of hydrogen-bond acceptors (Lipinski definition) is 8. The van der Waals surface area contributed by atoms with Crippen LogP contribution in [-0.4, -0.2) is 42.9 Å². The van der Waals surface area contributed by atoms with E-state index < -0.39 is 30.8 Å². The number of nitrogens with one attached hydrogen (secondary N) is 1. The van der Waals surface area contributed by atoms with Crippen LogP contribution in [0.15, 0.2) is 78.9 Å². The Kier molecular flexibility index (Phi) is 11.2. The van der Waals surface area contributed by atoms with Crippen LogP contribution < -0.4 is 5.32 Å². The fraction of sp³-hybridized carbons (Fsp3) is 0.389. The average Bonchev–Trinajstić information content (AvgIpc) is 3.07. The van der Waals surface area contributed by atoms with Gasteiger partial charge in [0.1, 0.15) is 12.7 Å². The molecule has 3 aromatic carbocycles. The fourth-order valence-electron chi connectivity index (χ4n) is 5.92. The van der Waals surface area contributed by atoms with Crippen LogP contribution in [0.4, 0.5) is 4.79 Å². The van der Waals surface area contributed by atoms with Crippen LogP contribution in [0.5, 0.6) is 0 Å². The van der Waals surface area contributed by atoms with Crippen molar-refractivity contribution in [2.75, 3.05) is 6.79 Å². The molecule has 0 bridgehead atoms. The van der Waals surface area contributed by atoms with Crippen molar-refractivity contribution in [1.29, 1.82) is 0 Å². The van der Waals surface area contributed by atoms with Gasteiger partial charge in [-0.25, -0.2) is 4.79 Å². The van der Waals surface area contributed by atoms with Crippen molar-refractivity contribution in [2.24, 2.45) is 0 Å².